The van der Waals surface area contributed by atoms with Crippen molar-refractivity contribution in [1.82, 2.24) is 24.9 Å². The van der Waals surface area contributed by atoms with Gasteiger partial charge in [-0.15, -0.1) is 0 Å². The molecule has 0 radical (unpaired) electrons. The number of fused-ring (bicyclic) bond motifs is 1. The van der Waals surface area contributed by atoms with Crippen LogP contribution in [-0.2, 0) is 0 Å². The van der Waals surface area contributed by atoms with E-state index in [9.17, 15) is 4.79 Å². The Morgan fingerprint density at radius 2 is 1.97 bits per heavy atom. The quantitative estimate of drug-likeness (QED) is 0.480. The van der Waals surface area contributed by atoms with Crippen LogP contribution in [0.15, 0.2) is 47.7 Å². The fraction of sp³-hybridized carbons (Fsp3) is 0.273. The summed E-state index contributed by atoms with van der Waals surface area (Å²) < 4.78 is 0. The maximum Gasteiger partial charge on any atom is 0.252 e. The second kappa shape index (κ2) is 6.84. The van der Waals surface area contributed by atoms with Crippen LogP contribution >= 0.6 is 0 Å². The highest BCUT2D eigenvalue weighted by Crippen LogP contribution is 2.39. The number of H-pyrrole nitrogens is 2. The SMILES string of the molecule is CC(C)Nc1nc(-c2c[nH]c3ccc(-c4cncc(C5CC5)n4)cc23)cc(=O)[nH]1. The van der Waals surface area contributed by atoms with Gasteiger partial charge in [0.25, 0.3) is 5.56 Å². The first-order valence-electron chi connectivity index (χ1n) is 9.88. The summed E-state index contributed by atoms with van der Waals surface area (Å²) >= 11 is 0. The first kappa shape index (κ1) is 17.6. The molecule has 0 unspecified atom stereocenters. The molecule has 4 aromatic rings. The van der Waals surface area contributed by atoms with Crippen molar-refractivity contribution in [2.45, 2.75) is 38.6 Å². The lowest BCUT2D eigenvalue weighted by Gasteiger charge is -2.09. The fourth-order valence-corrected chi connectivity index (χ4v) is 3.53. The summed E-state index contributed by atoms with van der Waals surface area (Å²) in [5.74, 6) is 1.03. The van der Waals surface area contributed by atoms with Crippen molar-refractivity contribution in [3.8, 4) is 22.5 Å². The Kier molecular flexibility index (Phi) is 4.16. The van der Waals surface area contributed by atoms with Crippen molar-refractivity contribution in [3.05, 3.63) is 58.9 Å². The molecular weight excluding hydrogens is 364 g/mol. The van der Waals surface area contributed by atoms with Crippen LogP contribution in [0.1, 0.15) is 38.3 Å². The molecule has 1 aliphatic rings. The number of hydrogen-bond acceptors (Lipinski definition) is 5. The Hall–Kier alpha value is -3.48. The molecule has 1 aromatic carbocycles. The van der Waals surface area contributed by atoms with Gasteiger partial charge in [-0.3, -0.25) is 14.8 Å². The van der Waals surface area contributed by atoms with E-state index in [0.29, 0.717) is 17.6 Å². The number of benzene rings is 1. The van der Waals surface area contributed by atoms with Crippen LogP contribution in [0.25, 0.3) is 33.4 Å². The van der Waals surface area contributed by atoms with Crippen LogP contribution in [0.2, 0.25) is 0 Å². The van der Waals surface area contributed by atoms with E-state index < -0.39 is 0 Å². The van der Waals surface area contributed by atoms with Gasteiger partial charge in [0.05, 0.1) is 23.3 Å². The van der Waals surface area contributed by atoms with Gasteiger partial charge in [-0.05, 0) is 38.8 Å². The summed E-state index contributed by atoms with van der Waals surface area (Å²) in [7, 11) is 0. The molecule has 7 heteroatoms. The maximum absolute atomic E-state index is 12.2. The zero-order chi connectivity index (χ0) is 20.0. The second-order valence-electron chi connectivity index (χ2n) is 7.84. The molecule has 0 spiro atoms. The zero-order valence-corrected chi connectivity index (χ0v) is 16.4. The van der Waals surface area contributed by atoms with Crippen molar-refractivity contribution >= 4 is 16.9 Å². The van der Waals surface area contributed by atoms with E-state index in [0.717, 1.165) is 33.4 Å². The minimum atomic E-state index is -0.188. The van der Waals surface area contributed by atoms with Crippen LogP contribution in [-0.4, -0.2) is 31.0 Å². The first-order valence-corrected chi connectivity index (χ1v) is 9.88. The van der Waals surface area contributed by atoms with Gasteiger partial charge < -0.3 is 10.3 Å². The summed E-state index contributed by atoms with van der Waals surface area (Å²) in [5.41, 5.74) is 5.23. The van der Waals surface area contributed by atoms with Gasteiger partial charge >= 0.3 is 0 Å². The van der Waals surface area contributed by atoms with E-state index in [1.807, 2.05) is 38.4 Å². The van der Waals surface area contributed by atoms with Crippen molar-refractivity contribution < 1.29 is 0 Å². The second-order valence-corrected chi connectivity index (χ2v) is 7.84. The molecule has 3 N–H and O–H groups in total. The molecule has 146 valence electrons. The number of rotatable bonds is 5. The standard InChI is InChI=1S/C22H22N6O/c1-12(2)25-22-27-18(8-21(29)28-22)16-9-24-17-6-5-14(7-15(16)17)20-11-23-10-19(26-20)13-3-4-13/h5-13,24H,3-4H2,1-2H3,(H2,25,27,28,29). The Bertz CT molecular complexity index is 1250. The van der Waals surface area contributed by atoms with Crippen molar-refractivity contribution in [2.24, 2.45) is 0 Å². The van der Waals surface area contributed by atoms with Crippen LogP contribution in [0.3, 0.4) is 0 Å². The van der Waals surface area contributed by atoms with Gasteiger partial charge in [-0.1, -0.05) is 6.07 Å². The Balaban J connectivity index is 1.59. The fourth-order valence-electron chi connectivity index (χ4n) is 3.53. The number of aromatic amines is 2. The highest BCUT2D eigenvalue weighted by atomic mass is 16.1. The molecule has 0 saturated heterocycles. The zero-order valence-electron chi connectivity index (χ0n) is 16.4. The monoisotopic (exact) mass is 386 g/mol. The highest BCUT2D eigenvalue weighted by molar-refractivity contribution is 5.97. The third-order valence-corrected chi connectivity index (χ3v) is 5.07. The molecule has 7 nitrogen and oxygen atoms in total. The summed E-state index contributed by atoms with van der Waals surface area (Å²) in [6.45, 7) is 4.00. The third-order valence-electron chi connectivity index (χ3n) is 5.07. The Morgan fingerprint density at radius 3 is 2.76 bits per heavy atom. The van der Waals surface area contributed by atoms with Gasteiger partial charge in [0.2, 0.25) is 5.95 Å². The predicted molar refractivity (Wildman–Crippen MR) is 114 cm³/mol. The van der Waals surface area contributed by atoms with Gasteiger partial charge in [-0.25, -0.2) is 9.97 Å². The van der Waals surface area contributed by atoms with E-state index in [-0.39, 0.29) is 11.6 Å². The molecule has 1 aliphatic carbocycles. The molecule has 0 aliphatic heterocycles. The number of hydrogen-bond donors (Lipinski definition) is 3. The lowest BCUT2D eigenvalue weighted by Crippen LogP contribution is -2.17. The molecule has 0 atom stereocenters. The summed E-state index contributed by atoms with van der Waals surface area (Å²) in [6, 6.07) is 7.84. The van der Waals surface area contributed by atoms with Crippen molar-refractivity contribution in [2.75, 3.05) is 5.32 Å². The minimum absolute atomic E-state index is 0.167. The molecular formula is C22H22N6O. The molecule has 3 aromatic heterocycles. The number of aromatic nitrogens is 5. The molecule has 3 heterocycles. The smallest absolute Gasteiger partial charge is 0.252 e. The summed E-state index contributed by atoms with van der Waals surface area (Å²) in [6.07, 6.45) is 7.95. The molecule has 0 bridgehead atoms. The van der Waals surface area contributed by atoms with Gasteiger partial charge in [0.15, 0.2) is 0 Å². The number of nitrogens with one attached hydrogen (secondary N) is 3. The topological polar surface area (TPSA) is 99.3 Å². The van der Waals surface area contributed by atoms with E-state index in [2.05, 4.69) is 31.3 Å². The Morgan fingerprint density at radius 1 is 1.10 bits per heavy atom. The minimum Gasteiger partial charge on any atom is -0.360 e. The van der Waals surface area contributed by atoms with Gasteiger partial charge in [0.1, 0.15) is 0 Å². The van der Waals surface area contributed by atoms with Crippen molar-refractivity contribution in [1.29, 1.82) is 0 Å². The van der Waals surface area contributed by atoms with Crippen LogP contribution in [0, 0.1) is 0 Å². The van der Waals surface area contributed by atoms with Crippen LogP contribution < -0.4 is 10.9 Å². The van der Waals surface area contributed by atoms with Crippen LogP contribution in [0.4, 0.5) is 5.95 Å². The lowest BCUT2D eigenvalue weighted by molar-refractivity contribution is 0.872. The molecule has 1 saturated carbocycles. The molecule has 29 heavy (non-hydrogen) atoms. The van der Waals surface area contributed by atoms with Gasteiger partial charge in [-0.2, -0.15) is 0 Å². The number of anilines is 1. The van der Waals surface area contributed by atoms with Crippen molar-refractivity contribution in [3.63, 3.8) is 0 Å². The Labute approximate surface area is 167 Å². The largest absolute Gasteiger partial charge is 0.360 e. The van der Waals surface area contributed by atoms with E-state index in [4.69, 9.17) is 4.98 Å². The molecule has 5 rings (SSSR count). The lowest BCUT2D eigenvalue weighted by atomic mass is 10.1. The van der Waals surface area contributed by atoms with Crippen LogP contribution in [0.5, 0.6) is 0 Å². The first-order chi connectivity index (χ1) is 14.1. The summed E-state index contributed by atoms with van der Waals surface area (Å²) in [4.78, 5) is 32.0. The molecule has 0 amide bonds. The van der Waals surface area contributed by atoms with E-state index in [1.165, 1.54) is 18.9 Å². The number of nitrogens with zero attached hydrogens (tertiary/aromatic N) is 3. The summed E-state index contributed by atoms with van der Waals surface area (Å²) in [5, 5.41) is 4.16. The normalized spacial score (nSPS) is 13.9. The average molecular weight is 386 g/mol. The molecule has 1 fully saturated rings. The van der Waals surface area contributed by atoms with E-state index >= 15 is 0 Å². The predicted octanol–water partition coefficient (Wildman–Crippen LogP) is 4.07. The van der Waals surface area contributed by atoms with Gasteiger partial charge in [0, 0.05) is 52.4 Å². The third kappa shape index (κ3) is 3.51. The highest BCUT2D eigenvalue weighted by Gasteiger charge is 2.25. The van der Waals surface area contributed by atoms with E-state index in [1.54, 1.807) is 6.20 Å². The average Bonchev–Trinajstić information content (AvgIpc) is 3.46. The maximum atomic E-state index is 12.2.